The molecule has 4 aliphatic rings. The van der Waals surface area contributed by atoms with Gasteiger partial charge < -0.3 is 22.1 Å². The molecule has 0 saturated carbocycles. The average molecular weight is 1180 g/mol. The maximum Gasteiger partial charge on any atom is 1.00 e. The van der Waals surface area contributed by atoms with E-state index in [1.807, 2.05) is 78.6 Å². The number of thioether (sulfide) groups is 2. The van der Waals surface area contributed by atoms with Gasteiger partial charge in [0.25, 0.3) is 0 Å². The fraction of sp³-hybridized carbons (Fsp3) is 0.175. The first-order chi connectivity index (χ1) is 36.3. The summed E-state index contributed by atoms with van der Waals surface area (Å²) >= 11 is 10.5. The summed E-state index contributed by atoms with van der Waals surface area (Å²) in [5, 5.41) is 10.5. The largest absolute Gasteiger partial charge is 1.00 e. The molecule has 0 aliphatic heterocycles. The van der Waals surface area contributed by atoms with Crippen molar-refractivity contribution < 1.29 is 58.7 Å². The third kappa shape index (κ3) is 15.6. The Morgan fingerprint density at radius 3 is 0.910 bits per heavy atom. The maximum atomic E-state index is 12.5. The van der Waals surface area contributed by atoms with Crippen LogP contribution in [0.15, 0.2) is 194 Å². The second-order valence-electron chi connectivity index (χ2n) is 17.9. The van der Waals surface area contributed by atoms with E-state index in [9.17, 15) is 23.7 Å². The molecular weight excluding hydrogens is 1120 g/mol. The van der Waals surface area contributed by atoms with E-state index in [4.69, 9.17) is 0 Å². The van der Waals surface area contributed by atoms with Crippen LogP contribution in [0.2, 0.25) is 0 Å². The molecule has 1 atom stereocenters. The van der Waals surface area contributed by atoms with Crippen molar-refractivity contribution in [3.8, 4) is 44.5 Å². The van der Waals surface area contributed by atoms with Crippen LogP contribution in [0.25, 0.3) is 44.5 Å². The Balaban J connectivity index is 0.000000215. The van der Waals surface area contributed by atoms with Gasteiger partial charge in [-0.3, -0.25) is 18.6 Å². The number of rotatable bonds is 9. The van der Waals surface area contributed by atoms with Crippen LogP contribution in [0.5, 0.6) is 0 Å². The predicted octanol–water partition coefficient (Wildman–Crippen LogP) is 10.6. The number of aliphatic hydroxyl groups excluding tert-OH is 1. The van der Waals surface area contributed by atoms with Crippen molar-refractivity contribution in [1.29, 1.82) is 0 Å². The van der Waals surface area contributed by atoms with Gasteiger partial charge in [-0.15, -0.1) is 23.5 Å². The standard InChI is InChI=1S/C16H14O2S.2C16H14OS.C13H10O.CH3Br.CH4N2S.B.Na.H2O/c1-11(17)10-19(18)16-14-8-4-2-6-12(14)13-7-3-5-9-15(13)16;2*1-11(17)10-18-16-14-8-4-2-6-12(14)13-7-3-5-9-15(13)16;14-13-11-7-3-1-5-9(11)10-6-2-4-8-12(10)13;1-2;2-1(3)4;;;/h2-9,16H,10H2,1H3;2*2-9,16H,10H2,1H3;1-8,13-14H;1H3;(H4,2,3,4);;;1H2/q;;;;;;;+1;/p-1. The third-order valence-electron chi connectivity index (χ3n) is 12.6. The van der Waals surface area contributed by atoms with Crippen molar-refractivity contribution in [2.45, 2.75) is 42.6 Å². The molecule has 0 bridgehead atoms. The Bertz CT molecular complexity index is 3090. The molecule has 8 aromatic rings. The minimum Gasteiger partial charge on any atom is -0.870 e. The number of aliphatic hydroxyl groups is 1. The summed E-state index contributed by atoms with van der Waals surface area (Å²) in [5.74, 6) is 3.53. The van der Waals surface area contributed by atoms with Gasteiger partial charge in [-0.25, -0.2) is 0 Å². The van der Waals surface area contributed by atoms with Gasteiger partial charge in [0.2, 0.25) is 0 Å². The molecule has 6 N–H and O–H groups in total. The Kier molecular flexibility index (Phi) is 26.4. The summed E-state index contributed by atoms with van der Waals surface area (Å²) in [4.78, 5) is 33.6. The normalized spacial score (nSPS) is 12.5. The van der Waals surface area contributed by atoms with E-state index in [1.54, 1.807) is 37.4 Å². The van der Waals surface area contributed by atoms with Crippen molar-refractivity contribution in [1.82, 2.24) is 0 Å². The van der Waals surface area contributed by atoms with Crippen molar-refractivity contribution >= 4 is 93.3 Å². The summed E-state index contributed by atoms with van der Waals surface area (Å²) in [7, 11) is -1.20. The van der Waals surface area contributed by atoms with E-state index in [2.05, 4.69) is 161 Å². The topological polar surface area (TPSA) is 171 Å². The Morgan fingerprint density at radius 1 is 0.462 bits per heavy atom. The van der Waals surface area contributed by atoms with Gasteiger partial charge in [-0.05, 0) is 128 Å². The van der Waals surface area contributed by atoms with Gasteiger partial charge in [0.1, 0.15) is 23.5 Å². The zero-order valence-electron chi connectivity index (χ0n) is 44.2. The van der Waals surface area contributed by atoms with Crippen LogP contribution in [-0.2, 0) is 25.2 Å². The number of ketones is 3. The van der Waals surface area contributed by atoms with E-state index < -0.39 is 16.9 Å². The van der Waals surface area contributed by atoms with Gasteiger partial charge in [0.15, 0.2) is 5.11 Å². The van der Waals surface area contributed by atoms with Crippen molar-refractivity contribution in [2.75, 3.05) is 23.1 Å². The molecule has 0 fully saturated rings. The summed E-state index contributed by atoms with van der Waals surface area (Å²) in [6.45, 7) is 4.80. The van der Waals surface area contributed by atoms with Gasteiger partial charge in [-0.2, -0.15) is 0 Å². The minimum absolute atomic E-state index is 0. The van der Waals surface area contributed by atoms with E-state index in [1.165, 1.54) is 51.4 Å². The van der Waals surface area contributed by atoms with Gasteiger partial charge in [0, 0.05) is 19.2 Å². The van der Waals surface area contributed by atoms with Gasteiger partial charge >= 0.3 is 29.6 Å². The van der Waals surface area contributed by atoms with Crippen molar-refractivity contribution in [3.63, 3.8) is 0 Å². The molecule has 15 heteroatoms. The fourth-order valence-corrected chi connectivity index (χ4v) is 13.7. The number of fused-ring (bicyclic) bond motifs is 12. The molecule has 12 rings (SSSR count). The number of nitrogens with two attached hydrogens (primary N) is 2. The third-order valence-corrected chi connectivity index (χ3v) is 17.2. The van der Waals surface area contributed by atoms with Crippen molar-refractivity contribution in [2.24, 2.45) is 11.5 Å². The summed E-state index contributed by atoms with van der Waals surface area (Å²) in [6, 6.07) is 66.1. The van der Waals surface area contributed by atoms with E-state index in [-0.39, 0.29) is 76.9 Å². The number of carbonyl (C=O) groups excluding carboxylic acids is 3. The second kappa shape index (κ2) is 31.5. The smallest absolute Gasteiger partial charge is 0.870 e. The van der Waals surface area contributed by atoms with E-state index >= 15 is 0 Å². The first-order valence-corrected chi connectivity index (χ1v) is 29.7. The Morgan fingerprint density at radius 2 is 0.667 bits per heavy atom. The zero-order chi connectivity index (χ0) is 53.6. The van der Waals surface area contributed by atoms with E-state index in [0.717, 1.165) is 44.5 Å². The molecule has 8 aromatic carbocycles. The molecule has 8 nitrogen and oxygen atoms in total. The number of Topliss-reactive ketones (excluding diaryl/α,β-unsaturated/α-hetero) is 3. The van der Waals surface area contributed by atoms with Crippen LogP contribution in [-0.4, -0.2) is 68.8 Å². The number of alkyl halides is 1. The molecule has 4 aliphatic carbocycles. The number of benzene rings is 8. The number of hydrogen-bond donors (Lipinski definition) is 3. The summed E-state index contributed by atoms with van der Waals surface area (Å²) in [5.41, 5.74) is 28.6. The predicted molar refractivity (Wildman–Crippen MR) is 331 cm³/mol. The molecule has 1 unspecified atom stereocenters. The van der Waals surface area contributed by atoms with Crippen LogP contribution >= 0.6 is 51.7 Å². The molecule has 0 spiro atoms. The second-order valence-corrected chi connectivity index (χ2v) is 22.1. The monoisotopic (exact) mass is 1180 g/mol. The van der Waals surface area contributed by atoms with Gasteiger partial charge in [-0.1, -0.05) is 210 Å². The van der Waals surface area contributed by atoms with Crippen LogP contribution < -0.4 is 41.0 Å². The van der Waals surface area contributed by atoms with Crippen LogP contribution in [0.3, 0.4) is 0 Å². The fourth-order valence-electron chi connectivity index (χ4n) is 9.78. The number of hydrogen-bond acceptors (Lipinski definition) is 9. The Hall–Kier alpha value is -5.23. The molecular formula is C63H60BBrN2NaO6S4. The molecule has 0 saturated heterocycles. The van der Waals surface area contributed by atoms with Gasteiger partial charge in [0.05, 0.1) is 33.0 Å². The first kappa shape index (κ1) is 65.3. The summed E-state index contributed by atoms with van der Waals surface area (Å²) < 4.78 is 12.5. The van der Waals surface area contributed by atoms with Crippen LogP contribution in [0, 0.1) is 0 Å². The molecule has 393 valence electrons. The Labute approximate surface area is 507 Å². The number of thiocarbonyl (C=S) groups is 1. The van der Waals surface area contributed by atoms with Crippen LogP contribution in [0.1, 0.15) is 87.1 Å². The molecule has 78 heavy (non-hydrogen) atoms. The van der Waals surface area contributed by atoms with Crippen LogP contribution in [0.4, 0.5) is 0 Å². The average Bonchev–Trinajstić information content (AvgIpc) is 4.21. The molecule has 0 aromatic heterocycles. The minimum atomic E-state index is -1.20. The van der Waals surface area contributed by atoms with E-state index in [0.29, 0.717) is 22.0 Å². The van der Waals surface area contributed by atoms with Crippen molar-refractivity contribution in [3.05, 3.63) is 239 Å². The SMILES string of the molecule is CBr.CC(=O)CS(=O)C1c2ccccc2-c2ccccc21.CC(=O)CSC1c2ccccc2-c2ccccc21.CC(=O)CSC1c2ccccc2-c2ccccc21.NC(N)=S.OC1c2ccccc2-c2ccccc21.[B].[Na+].[OH-]. The zero-order valence-corrected chi connectivity index (χ0v) is 51.0. The first-order valence-electron chi connectivity index (χ1n) is 24.3. The number of halogens is 1. The summed E-state index contributed by atoms with van der Waals surface area (Å²) in [6.07, 6.45) is -0.442. The molecule has 0 amide bonds. The molecule has 0 heterocycles. The maximum absolute atomic E-state index is 12.5. The number of carbonyl (C=O) groups is 3. The quantitative estimate of drug-likeness (QED) is 0.0714. The molecule has 3 radical (unpaired) electrons.